The van der Waals surface area contributed by atoms with Crippen molar-refractivity contribution in [3.63, 3.8) is 0 Å². The van der Waals surface area contributed by atoms with E-state index in [0.29, 0.717) is 10.0 Å². The van der Waals surface area contributed by atoms with Gasteiger partial charge in [0.15, 0.2) is 0 Å². The van der Waals surface area contributed by atoms with Gasteiger partial charge in [-0.25, -0.2) is 8.78 Å². The molecule has 0 radical (unpaired) electrons. The van der Waals surface area contributed by atoms with Gasteiger partial charge < -0.3 is 10.8 Å². The van der Waals surface area contributed by atoms with Crippen molar-refractivity contribution in [2.75, 3.05) is 0 Å². The van der Waals surface area contributed by atoms with Gasteiger partial charge in [0.05, 0.1) is 0 Å². The molecule has 0 aromatic heterocycles. The molecule has 78 valence electrons. The van der Waals surface area contributed by atoms with Crippen molar-refractivity contribution in [3.05, 3.63) is 28.2 Å². The zero-order valence-electron chi connectivity index (χ0n) is 7.25. The lowest BCUT2D eigenvalue weighted by Crippen LogP contribution is -2.14. The Morgan fingerprint density at radius 2 is 2.07 bits per heavy atom. The quantitative estimate of drug-likeness (QED) is 0.883. The first-order valence-electron chi connectivity index (χ1n) is 4.03. The largest absolute Gasteiger partial charge is 0.508 e. The smallest absolute Gasteiger partial charge is 0.240 e. The molecule has 3 N–H and O–H groups in total. The molecular weight excluding hydrogens is 256 g/mol. The molecule has 0 aliphatic rings. The number of rotatable bonds is 3. The summed E-state index contributed by atoms with van der Waals surface area (Å²) in [4.78, 5) is 0. The van der Waals surface area contributed by atoms with Crippen LogP contribution in [0.25, 0.3) is 0 Å². The molecule has 0 saturated carbocycles. The predicted octanol–water partition coefficient (Wildman–Crippen LogP) is 2.81. The number of nitrogens with two attached hydrogens (primary N) is 1. The molecule has 14 heavy (non-hydrogen) atoms. The highest BCUT2D eigenvalue weighted by Gasteiger charge is 2.15. The molecule has 0 bridgehead atoms. The molecule has 0 aliphatic carbocycles. The van der Waals surface area contributed by atoms with Crippen LogP contribution in [0.3, 0.4) is 0 Å². The van der Waals surface area contributed by atoms with Crippen molar-refractivity contribution in [2.45, 2.75) is 18.9 Å². The Hall–Kier alpha value is -0.680. The van der Waals surface area contributed by atoms with Crippen molar-refractivity contribution >= 4 is 15.9 Å². The van der Waals surface area contributed by atoms with Crippen molar-refractivity contribution < 1.29 is 13.9 Å². The van der Waals surface area contributed by atoms with Crippen LogP contribution in [-0.4, -0.2) is 11.5 Å². The summed E-state index contributed by atoms with van der Waals surface area (Å²) in [5.41, 5.74) is 5.83. The molecule has 0 amide bonds. The van der Waals surface area contributed by atoms with Gasteiger partial charge in [-0.1, -0.05) is 22.0 Å². The Kier molecular flexibility index (Phi) is 3.83. The fourth-order valence-electron chi connectivity index (χ4n) is 1.15. The third-order valence-corrected chi connectivity index (χ3v) is 2.32. The van der Waals surface area contributed by atoms with Crippen LogP contribution < -0.4 is 5.73 Å². The van der Waals surface area contributed by atoms with E-state index in [1.54, 1.807) is 6.07 Å². The summed E-state index contributed by atoms with van der Waals surface area (Å²) < 4.78 is 24.7. The fourth-order valence-corrected chi connectivity index (χ4v) is 1.50. The van der Waals surface area contributed by atoms with Crippen molar-refractivity contribution in [1.82, 2.24) is 0 Å². The average Bonchev–Trinajstić information content (AvgIpc) is 2.01. The molecule has 1 aromatic carbocycles. The van der Waals surface area contributed by atoms with Gasteiger partial charge >= 0.3 is 0 Å². The summed E-state index contributed by atoms with van der Waals surface area (Å²) in [6.45, 7) is 0. The topological polar surface area (TPSA) is 46.2 Å². The van der Waals surface area contributed by atoms with Gasteiger partial charge in [-0.3, -0.25) is 0 Å². The van der Waals surface area contributed by atoms with Crippen molar-refractivity contribution in [1.29, 1.82) is 0 Å². The van der Waals surface area contributed by atoms with Gasteiger partial charge in [-0.2, -0.15) is 0 Å². The van der Waals surface area contributed by atoms with Gasteiger partial charge in [0.2, 0.25) is 6.43 Å². The van der Waals surface area contributed by atoms with Crippen molar-refractivity contribution in [2.24, 2.45) is 5.73 Å². The molecule has 0 fully saturated rings. The first-order valence-corrected chi connectivity index (χ1v) is 4.82. The average molecular weight is 266 g/mol. The van der Waals surface area contributed by atoms with Gasteiger partial charge in [0.25, 0.3) is 0 Å². The first-order chi connectivity index (χ1) is 6.50. The predicted molar refractivity (Wildman–Crippen MR) is 53.4 cm³/mol. The molecular formula is C9H10BrF2NO. The second kappa shape index (κ2) is 4.70. The molecule has 1 aromatic rings. The van der Waals surface area contributed by atoms with E-state index in [2.05, 4.69) is 15.9 Å². The highest BCUT2D eigenvalue weighted by molar-refractivity contribution is 9.10. The number of aromatic hydroxyl groups is 1. The lowest BCUT2D eigenvalue weighted by Gasteiger charge is -2.12. The Labute approximate surface area is 88.9 Å². The van der Waals surface area contributed by atoms with Crippen LogP contribution in [0.15, 0.2) is 22.7 Å². The summed E-state index contributed by atoms with van der Waals surface area (Å²) in [6.07, 6.45) is -2.91. The van der Waals surface area contributed by atoms with Crippen LogP contribution in [0.2, 0.25) is 0 Å². The highest BCUT2D eigenvalue weighted by Crippen LogP contribution is 2.29. The van der Waals surface area contributed by atoms with Crippen LogP contribution in [0.1, 0.15) is 18.0 Å². The number of phenols is 1. The van der Waals surface area contributed by atoms with E-state index in [1.807, 2.05) is 0 Å². The van der Waals surface area contributed by atoms with E-state index < -0.39 is 18.9 Å². The van der Waals surface area contributed by atoms with E-state index in [9.17, 15) is 13.9 Å². The first kappa shape index (κ1) is 11.4. The van der Waals surface area contributed by atoms with Crippen LogP contribution in [0.4, 0.5) is 8.78 Å². The van der Waals surface area contributed by atoms with E-state index in [-0.39, 0.29) is 5.75 Å². The summed E-state index contributed by atoms with van der Waals surface area (Å²) in [5.74, 6) is -0.0625. The van der Waals surface area contributed by atoms with Crippen LogP contribution in [0.5, 0.6) is 5.75 Å². The van der Waals surface area contributed by atoms with Gasteiger partial charge in [0, 0.05) is 22.5 Å². The third-order valence-electron chi connectivity index (χ3n) is 1.82. The maximum absolute atomic E-state index is 12.0. The van der Waals surface area contributed by atoms with Gasteiger partial charge in [-0.15, -0.1) is 0 Å². The summed E-state index contributed by atoms with van der Waals surface area (Å²) in [5, 5.41) is 9.42. The third kappa shape index (κ3) is 2.92. The fraction of sp³-hybridized carbons (Fsp3) is 0.333. The summed E-state index contributed by atoms with van der Waals surface area (Å²) in [7, 11) is 0. The number of hydrogen-bond acceptors (Lipinski definition) is 2. The molecule has 0 heterocycles. The minimum atomic E-state index is -2.46. The molecule has 2 nitrogen and oxygen atoms in total. The second-order valence-corrected chi connectivity index (χ2v) is 3.85. The number of halogens is 3. The zero-order valence-corrected chi connectivity index (χ0v) is 8.84. The number of alkyl halides is 2. The molecule has 1 rings (SSSR count). The number of hydrogen-bond donors (Lipinski definition) is 2. The van der Waals surface area contributed by atoms with Gasteiger partial charge in [-0.05, 0) is 12.1 Å². The molecule has 0 aliphatic heterocycles. The van der Waals surface area contributed by atoms with E-state index in [0.717, 1.165) is 0 Å². The maximum atomic E-state index is 12.0. The highest BCUT2D eigenvalue weighted by atomic mass is 79.9. The Balaban J connectivity index is 2.84. The van der Waals surface area contributed by atoms with Crippen LogP contribution >= 0.6 is 15.9 Å². The SMILES string of the molecule is N[C@H](CC(F)F)c1ccc(Br)cc1O. The Morgan fingerprint density at radius 1 is 1.43 bits per heavy atom. The standard InChI is InChI=1S/C9H10BrF2NO/c10-5-1-2-6(8(14)3-5)7(13)4-9(11)12/h1-3,7,9,14H,4,13H2/t7-/m1/s1. The number of phenolic OH excluding ortho intramolecular Hbond substituents is 1. The minimum Gasteiger partial charge on any atom is -0.508 e. The Morgan fingerprint density at radius 3 is 2.57 bits per heavy atom. The molecule has 0 spiro atoms. The zero-order chi connectivity index (χ0) is 10.7. The lowest BCUT2D eigenvalue weighted by molar-refractivity contribution is 0.128. The lowest BCUT2D eigenvalue weighted by atomic mass is 10.0. The normalized spacial score (nSPS) is 13.2. The van der Waals surface area contributed by atoms with E-state index in [4.69, 9.17) is 5.73 Å². The maximum Gasteiger partial charge on any atom is 0.240 e. The van der Waals surface area contributed by atoms with Gasteiger partial charge in [0.1, 0.15) is 5.75 Å². The van der Waals surface area contributed by atoms with Crippen molar-refractivity contribution in [3.8, 4) is 5.75 Å². The number of benzene rings is 1. The Bertz CT molecular complexity index is 320. The summed E-state index contributed by atoms with van der Waals surface area (Å²) in [6, 6.07) is 3.79. The van der Waals surface area contributed by atoms with E-state index >= 15 is 0 Å². The molecule has 1 atom stereocenters. The monoisotopic (exact) mass is 265 g/mol. The molecule has 5 heteroatoms. The van der Waals surface area contributed by atoms with Crippen LogP contribution in [-0.2, 0) is 0 Å². The van der Waals surface area contributed by atoms with E-state index in [1.165, 1.54) is 12.1 Å². The molecule has 0 saturated heterocycles. The second-order valence-electron chi connectivity index (χ2n) is 2.94. The van der Waals surface area contributed by atoms with Crippen LogP contribution in [0, 0.1) is 0 Å². The minimum absolute atomic E-state index is 0.0625. The molecule has 0 unspecified atom stereocenters. The summed E-state index contributed by atoms with van der Waals surface area (Å²) >= 11 is 3.15.